The van der Waals surface area contributed by atoms with Gasteiger partial charge in [-0.3, -0.25) is 19.2 Å². The molecule has 1 aromatic carbocycles. The number of hydrogen-bond donors (Lipinski definition) is 0. The Bertz CT molecular complexity index is 943. The largest absolute Gasteiger partial charge is 0.466 e. The predicted molar refractivity (Wildman–Crippen MR) is 94.9 cm³/mol. The van der Waals surface area contributed by atoms with Crippen molar-refractivity contribution in [1.29, 1.82) is 0 Å². The number of nitrogens with zero attached hydrogens (tertiary/aromatic N) is 2. The van der Waals surface area contributed by atoms with E-state index in [1.807, 2.05) is 0 Å². The van der Waals surface area contributed by atoms with Crippen LogP contribution < -0.4 is 0 Å². The highest BCUT2D eigenvalue weighted by molar-refractivity contribution is 7.89. The number of sulfonamides is 1. The zero-order chi connectivity index (χ0) is 19.4. The fourth-order valence-electron chi connectivity index (χ4n) is 4.90. The van der Waals surface area contributed by atoms with Crippen LogP contribution in [0.5, 0.6) is 0 Å². The molecular weight excluding hydrogens is 372 g/mol. The number of fused-ring (bicyclic) bond motifs is 1. The summed E-state index contributed by atoms with van der Waals surface area (Å²) >= 11 is 0. The minimum atomic E-state index is -4.11. The van der Waals surface area contributed by atoms with Crippen LogP contribution in [0.25, 0.3) is 0 Å². The molecule has 2 saturated carbocycles. The highest BCUT2D eigenvalue weighted by Gasteiger charge is 2.74. The molecule has 3 aliphatic rings. The molecule has 0 unspecified atom stereocenters. The zero-order valence-electron chi connectivity index (χ0n) is 14.8. The number of nitro groups is 1. The SMILES string of the molecule is CCOC(=O)[C@@]12CCC[C@H]3[C@@H]1[C@@H]2C=CN3S(=O)(=O)c1ccccc1[N+](=O)[O-]. The van der Waals surface area contributed by atoms with Crippen molar-refractivity contribution in [3.05, 3.63) is 46.7 Å². The average molecular weight is 392 g/mol. The maximum absolute atomic E-state index is 13.2. The van der Waals surface area contributed by atoms with Crippen LogP contribution in [0, 0.1) is 27.4 Å². The van der Waals surface area contributed by atoms with Crippen LogP contribution in [-0.2, 0) is 19.6 Å². The second-order valence-electron chi connectivity index (χ2n) is 7.17. The molecule has 0 amide bonds. The molecular formula is C18H20N2O6S. The summed E-state index contributed by atoms with van der Waals surface area (Å²) in [5.74, 6) is -0.423. The lowest BCUT2D eigenvalue weighted by molar-refractivity contribution is -0.387. The van der Waals surface area contributed by atoms with Crippen molar-refractivity contribution < 1.29 is 22.9 Å². The minimum absolute atomic E-state index is 0.0266. The van der Waals surface area contributed by atoms with Gasteiger partial charge in [-0.25, -0.2) is 8.42 Å². The Hall–Kier alpha value is -2.42. The van der Waals surface area contributed by atoms with Crippen LogP contribution >= 0.6 is 0 Å². The summed E-state index contributed by atoms with van der Waals surface area (Å²) in [6, 6.07) is 4.96. The van der Waals surface area contributed by atoms with Crippen molar-refractivity contribution in [3.8, 4) is 0 Å². The fourth-order valence-corrected chi connectivity index (χ4v) is 6.61. The maximum Gasteiger partial charge on any atom is 0.313 e. The summed E-state index contributed by atoms with van der Waals surface area (Å²) in [4.78, 5) is 22.8. The van der Waals surface area contributed by atoms with Gasteiger partial charge in [-0.2, -0.15) is 0 Å². The molecule has 9 heteroatoms. The molecule has 0 radical (unpaired) electrons. The number of esters is 1. The van der Waals surface area contributed by atoms with Gasteiger partial charge in [0, 0.05) is 30.1 Å². The Labute approximate surface area is 157 Å². The Morgan fingerprint density at radius 3 is 2.85 bits per heavy atom. The molecule has 27 heavy (non-hydrogen) atoms. The number of nitro benzene ring substituents is 1. The van der Waals surface area contributed by atoms with E-state index in [4.69, 9.17) is 4.74 Å². The van der Waals surface area contributed by atoms with Crippen LogP contribution in [-0.4, -0.2) is 36.3 Å². The first-order valence-electron chi connectivity index (χ1n) is 8.98. The van der Waals surface area contributed by atoms with E-state index in [0.717, 1.165) is 0 Å². The van der Waals surface area contributed by atoms with Gasteiger partial charge in [0.15, 0.2) is 4.90 Å². The van der Waals surface area contributed by atoms with E-state index in [1.165, 1.54) is 34.8 Å². The van der Waals surface area contributed by atoms with Crippen LogP contribution in [0.4, 0.5) is 5.69 Å². The predicted octanol–water partition coefficient (Wildman–Crippen LogP) is 2.46. The molecule has 0 spiro atoms. The Balaban J connectivity index is 1.72. The summed E-state index contributed by atoms with van der Waals surface area (Å²) in [5.41, 5.74) is -1.10. The summed E-state index contributed by atoms with van der Waals surface area (Å²) in [5, 5.41) is 11.3. The topological polar surface area (TPSA) is 107 Å². The number of carbonyl (C=O) groups excluding carboxylic acids is 1. The van der Waals surface area contributed by atoms with Gasteiger partial charge in [0.1, 0.15) is 0 Å². The number of hydrogen-bond acceptors (Lipinski definition) is 6. The van der Waals surface area contributed by atoms with E-state index in [-0.39, 0.29) is 35.3 Å². The quantitative estimate of drug-likeness (QED) is 0.433. The van der Waals surface area contributed by atoms with Gasteiger partial charge in [0.05, 0.1) is 16.9 Å². The van der Waals surface area contributed by atoms with Gasteiger partial charge in [-0.1, -0.05) is 24.6 Å². The van der Waals surface area contributed by atoms with Crippen molar-refractivity contribution in [3.63, 3.8) is 0 Å². The highest BCUT2D eigenvalue weighted by atomic mass is 32.2. The second kappa shape index (κ2) is 6.05. The fraction of sp³-hybridized carbons (Fsp3) is 0.500. The Kier molecular flexibility index (Phi) is 4.03. The number of ether oxygens (including phenoxy) is 1. The molecule has 0 N–H and O–H groups in total. The molecule has 0 bridgehead atoms. The number of para-hydroxylation sites is 1. The second-order valence-corrected chi connectivity index (χ2v) is 8.98. The standard InChI is InChI=1S/C18H20N2O6S/c1-2-26-17(21)18-10-5-7-14-16(18)12(18)9-11-19(14)27(24,25)15-8-4-3-6-13(15)20(22)23/h3-4,6,8-9,11-12,14,16H,2,5,7,10H2,1H3/t12-,14-,16-,18+/m0/s1. The van der Waals surface area contributed by atoms with Crippen LogP contribution in [0.3, 0.4) is 0 Å². The zero-order valence-corrected chi connectivity index (χ0v) is 15.6. The molecule has 4 atom stereocenters. The van der Waals surface area contributed by atoms with Crippen molar-refractivity contribution in [2.45, 2.75) is 37.1 Å². The van der Waals surface area contributed by atoms with Gasteiger partial charge in [0.25, 0.3) is 15.7 Å². The van der Waals surface area contributed by atoms with Gasteiger partial charge in [-0.05, 0) is 25.8 Å². The van der Waals surface area contributed by atoms with Crippen LogP contribution in [0.2, 0.25) is 0 Å². The van der Waals surface area contributed by atoms with E-state index in [9.17, 15) is 23.3 Å². The third kappa shape index (κ3) is 2.40. The molecule has 1 heterocycles. The van der Waals surface area contributed by atoms with E-state index in [0.29, 0.717) is 19.3 Å². The number of rotatable bonds is 5. The van der Waals surface area contributed by atoms with Gasteiger partial charge in [0.2, 0.25) is 0 Å². The van der Waals surface area contributed by atoms with Crippen molar-refractivity contribution in [2.75, 3.05) is 6.61 Å². The lowest BCUT2D eigenvalue weighted by Gasteiger charge is -2.35. The van der Waals surface area contributed by atoms with Gasteiger partial charge >= 0.3 is 5.97 Å². The smallest absolute Gasteiger partial charge is 0.313 e. The van der Waals surface area contributed by atoms with Crippen LogP contribution in [0.15, 0.2) is 41.4 Å². The van der Waals surface area contributed by atoms with Crippen molar-refractivity contribution >= 4 is 21.7 Å². The third-order valence-electron chi connectivity index (χ3n) is 6.01. The first-order chi connectivity index (χ1) is 12.9. The van der Waals surface area contributed by atoms with Gasteiger partial charge in [-0.15, -0.1) is 0 Å². The monoisotopic (exact) mass is 392 g/mol. The summed E-state index contributed by atoms with van der Waals surface area (Å²) in [6.45, 7) is 2.04. The molecule has 1 aliphatic heterocycles. The first-order valence-corrected chi connectivity index (χ1v) is 10.4. The minimum Gasteiger partial charge on any atom is -0.466 e. The summed E-state index contributed by atoms with van der Waals surface area (Å²) in [7, 11) is -4.11. The number of allylic oxidation sites excluding steroid dienone is 1. The molecule has 144 valence electrons. The lowest BCUT2D eigenvalue weighted by atomic mass is 9.85. The van der Waals surface area contributed by atoms with Gasteiger partial charge < -0.3 is 4.74 Å². The van der Waals surface area contributed by atoms with E-state index < -0.39 is 26.0 Å². The van der Waals surface area contributed by atoms with E-state index in [1.54, 1.807) is 13.0 Å². The maximum atomic E-state index is 13.2. The molecule has 0 aromatic heterocycles. The van der Waals surface area contributed by atoms with E-state index >= 15 is 0 Å². The number of benzene rings is 1. The number of carbonyl (C=O) groups is 1. The summed E-state index contributed by atoms with van der Waals surface area (Å²) in [6.07, 6.45) is 5.23. The average Bonchev–Trinajstić information content (AvgIpc) is 3.33. The molecule has 0 saturated heterocycles. The highest BCUT2D eigenvalue weighted by Crippen LogP contribution is 2.70. The lowest BCUT2D eigenvalue weighted by Crippen LogP contribution is -2.42. The normalized spacial score (nSPS) is 31.1. The third-order valence-corrected chi connectivity index (χ3v) is 7.86. The van der Waals surface area contributed by atoms with E-state index in [2.05, 4.69) is 0 Å². The molecule has 1 aromatic rings. The Morgan fingerprint density at radius 1 is 1.41 bits per heavy atom. The summed E-state index contributed by atoms with van der Waals surface area (Å²) < 4.78 is 32.9. The molecule has 2 aliphatic carbocycles. The van der Waals surface area contributed by atoms with Crippen molar-refractivity contribution in [1.82, 2.24) is 4.31 Å². The Morgan fingerprint density at radius 2 is 2.15 bits per heavy atom. The first kappa shape index (κ1) is 18.0. The van der Waals surface area contributed by atoms with Crippen LogP contribution in [0.1, 0.15) is 26.2 Å². The molecule has 8 nitrogen and oxygen atoms in total. The molecule has 2 fully saturated rings. The van der Waals surface area contributed by atoms with Crippen molar-refractivity contribution in [2.24, 2.45) is 17.3 Å². The molecule has 4 rings (SSSR count).